The van der Waals surface area contributed by atoms with Gasteiger partial charge in [-0.2, -0.15) is 0 Å². The largest absolute Gasteiger partial charge is 0.288 e. The van der Waals surface area contributed by atoms with Crippen molar-refractivity contribution in [3.63, 3.8) is 0 Å². The third kappa shape index (κ3) is 3.81. The Morgan fingerprint density at radius 1 is 1.17 bits per heavy atom. The van der Waals surface area contributed by atoms with Crippen molar-refractivity contribution >= 4 is 13.8 Å². The van der Waals surface area contributed by atoms with Crippen molar-refractivity contribution in [2.24, 2.45) is 4.99 Å². The number of rotatable bonds is 4. The van der Waals surface area contributed by atoms with Crippen LogP contribution in [0.15, 0.2) is 58.7 Å². The number of allylic oxidation sites excluding steroid dienone is 3. The molecule has 96 valence electrons. The summed E-state index contributed by atoms with van der Waals surface area (Å²) >= 11 is 0. The monoisotopic (exact) mass is 257 g/mol. The SMILES string of the molecule is C=C(/C(C)=C\C(=NC)c1ccccc1)[Si](C)(C)C. The van der Waals surface area contributed by atoms with Crippen LogP contribution in [0, 0.1) is 0 Å². The summed E-state index contributed by atoms with van der Waals surface area (Å²) in [7, 11) is 0.515. The lowest BCUT2D eigenvalue weighted by Crippen LogP contribution is -2.24. The highest BCUT2D eigenvalue weighted by Crippen LogP contribution is 2.21. The number of benzene rings is 1. The molecule has 1 aromatic carbocycles. The predicted molar refractivity (Wildman–Crippen MR) is 85.1 cm³/mol. The maximum Gasteiger partial charge on any atom is 0.0771 e. The Balaban J connectivity index is 3.04. The molecule has 0 saturated carbocycles. The average molecular weight is 257 g/mol. The molecule has 0 aliphatic carbocycles. The van der Waals surface area contributed by atoms with E-state index in [0.29, 0.717) is 0 Å². The van der Waals surface area contributed by atoms with Gasteiger partial charge in [0.1, 0.15) is 0 Å². The highest BCUT2D eigenvalue weighted by atomic mass is 28.3. The lowest BCUT2D eigenvalue weighted by Gasteiger charge is -2.20. The molecule has 0 N–H and O–H groups in total. The van der Waals surface area contributed by atoms with Crippen LogP contribution in [0.1, 0.15) is 12.5 Å². The van der Waals surface area contributed by atoms with Gasteiger partial charge in [0.25, 0.3) is 0 Å². The van der Waals surface area contributed by atoms with E-state index in [1.807, 2.05) is 25.2 Å². The first-order valence-electron chi connectivity index (χ1n) is 6.26. The summed E-state index contributed by atoms with van der Waals surface area (Å²) in [5.41, 5.74) is 3.42. The summed E-state index contributed by atoms with van der Waals surface area (Å²) in [5, 5.41) is 1.29. The van der Waals surface area contributed by atoms with E-state index in [2.05, 4.69) is 56.3 Å². The molecule has 0 aliphatic heterocycles. The zero-order valence-corrected chi connectivity index (χ0v) is 13.1. The topological polar surface area (TPSA) is 12.4 Å². The van der Waals surface area contributed by atoms with Crippen LogP contribution in [0.3, 0.4) is 0 Å². The fraction of sp³-hybridized carbons (Fsp3) is 0.312. The quantitative estimate of drug-likeness (QED) is 0.428. The van der Waals surface area contributed by atoms with E-state index in [4.69, 9.17) is 0 Å². The summed E-state index contributed by atoms with van der Waals surface area (Å²) in [4.78, 5) is 4.38. The van der Waals surface area contributed by atoms with E-state index in [9.17, 15) is 0 Å². The number of nitrogens with zero attached hydrogens (tertiary/aromatic N) is 1. The molecule has 0 saturated heterocycles. The zero-order chi connectivity index (χ0) is 13.8. The normalized spacial score (nSPS) is 13.6. The van der Waals surface area contributed by atoms with Crippen LogP contribution in [0.5, 0.6) is 0 Å². The summed E-state index contributed by atoms with van der Waals surface area (Å²) in [6.07, 6.45) is 2.15. The van der Waals surface area contributed by atoms with Gasteiger partial charge in [-0.1, -0.05) is 67.3 Å². The fourth-order valence-corrected chi connectivity index (χ4v) is 3.02. The summed E-state index contributed by atoms with van der Waals surface area (Å²) < 4.78 is 0. The molecular weight excluding hydrogens is 234 g/mol. The molecule has 0 unspecified atom stereocenters. The smallest absolute Gasteiger partial charge is 0.0771 e. The standard InChI is InChI=1S/C16H23NSi/c1-13(14(2)18(4,5)6)12-16(17-3)15-10-8-7-9-11-15/h7-12H,2H2,1,3-6H3/b13-12-,17-16?. The summed E-state index contributed by atoms with van der Waals surface area (Å²) in [5.74, 6) is 0. The zero-order valence-electron chi connectivity index (χ0n) is 12.1. The van der Waals surface area contributed by atoms with Crippen LogP contribution in [0.25, 0.3) is 0 Å². The highest BCUT2D eigenvalue weighted by molar-refractivity contribution is 6.83. The maximum absolute atomic E-state index is 4.38. The van der Waals surface area contributed by atoms with Crippen LogP contribution in [-0.4, -0.2) is 20.8 Å². The van der Waals surface area contributed by atoms with Crippen LogP contribution >= 0.6 is 0 Å². The molecule has 2 heteroatoms. The minimum Gasteiger partial charge on any atom is -0.288 e. The molecule has 0 amide bonds. The lowest BCUT2D eigenvalue weighted by atomic mass is 10.1. The van der Waals surface area contributed by atoms with E-state index in [0.717, 1.165) is 11.3 Å². The van der Waals surface area contributed by atoms with Crippen molar-refractivity contribution in [3.05, 3.63) is 59.3 Å². The Kier molecular flexibility index (Phi) is 4.85. The van der Waals surface area contributed by atoms with Crippen LogP contribution < -0.4 is 0 Å². The van der Waals surface area contributed by atoms with Gasteiger partial charge in [-0.3, -0.25) is 4.99 Å². The first kappa shape index (κ1) is 14.6. The fourth-order valence-electron chi connectivity index (χ4n) is 1.77. The molecule has 1 rings (SSSR count). The molecule has 0 aromatic heterocycles. The summed E-state index contributed by atoms with van der Waals surface area (Å²) in [6, 6.07) is 10.3. The predicted octanol–water partition coefficient (Wildman–Crippen LogP) is 4.49. The van der Waals surface area contributed by atoms with Gasteiger partial charge in [-0.05, 0) is 18.6 Å². The van der Waals surface area contributed by atoms with Crippen molar-refractivity contribution in [3.8, 4) is 0 Å². The minimum absolute atomic E-state index is 1.02. The van der Waals surface area contributed by atoms with E-state index < -0.39 is 8.07 Å². The van der Waals surface area contributed by atoms with Gasteiger partial charge in [-0.15, -0.1) is 0 Å². The van der Waals surface area contributed by atoms with Gasteiger partial charge < -0.3 is 0 Å². The van der Waals surface area contributed by atoms with Crippen LogP contribution in [-0.2, 0) is 0 Å². The first-order chi connectivity index (χ1) is 8.36. The molecule has 1 aromatic rings. The lowest BCUT2D eigenvalue weighted by molar-refractivity contribution is 1.41. The van der Waals surface area contributed by atoms with E-state index in [1.165, 1.54) is 10.8 Å². The molecular formula is C16H23NSi. The molecule has 0 heterocycles. The van der Waals surface area contributed by atoms with Crippen LogP contribution in [0.2, 0.25) is 19.6 Å². The van der Waals surface area contributed by atoms with Crippen molar-refractivity contribution in [2.45, 2.75) is 26.6 Å². The van der Waals surface area contributed by atoms with Gasteiger partial charge in [0, 0.05) is 7.05 Å². The van der Waals surface area contributed by atoms with Crippen molar-refractivity contribution in [1.29, 1.82) is 0 Å². The van der Waals surface area contributed by atoms with Gasteiger partial charge in [-0.25, -0.2) is 0 Å². The van der Waals surface area contributed by atoms with E-state index >= 15 is 0 Å². The van der Waals surface area contributed by atoms with Crippen molar-refractivity contribution in [1.82, 2.24) is 0 Å². The van der Waals surface area contributed by atoms with Gasteiger partial charge in [0.15, 0.2) is 0 Å². The number of hydrogen-bond donors (Lipinski definition) is 0. The van der Waals surface area contributed by atoms with E-state index in [1.54, 1.807) is 0 Å². The molecule has 0 fully saturated rings. The molecule has 0 bridgehead atoms. The van der Waals surface area contributed by atoms with Gasteiger partial charge >= 0.3 is 0 Å². The maximum atomic E-state index is 4.38. The second-order valence-electron chi connectivity index (χ2n) is 5.53. The Morgan fingerprint density at radius 3 is 2.17 bits per heavy atom. The minimum atomic E-state index is -1.32. The molecule has 1 nitrogen and oxygen atoms in total. The van der Waals surface area contributed by atoms with E-state index in [-0.39, 0.29) is 0 Å². The highest BCUT2D eigenvalue weighted by Gasteiger charge is 2.18. The first-order valence-corrected chi connectivity index (χ1v) is 9.76. The molecule has 0 radical (unpaired) electrons. The van der Waals surface area contributed by atoms with Crippen molar-refractivity contribution < 1.29 is 0 Å². The Morgan fingerprint density at radius 2 is 1.72 bits per heavy atom. The Hall–Kier alpha value is -1.41. The third-order valence-corrected chi connectivity index (χ3v) is 5.25. The molecule has 18 heavy (non-hydrogen) atoms. The second kappa shape index (κ2) is 5.96. The summed E-state index contributed by atoms with van der Waals surface area (Å²) in [6.45, 7) is 13.3. The number of aliphatic imine (C=N–C) groups is 1. The Bertz CT molecular complexity index is 476. The third-order valence-electron chi connectivity index (χ3n) is 3.05. The van der Waals surface area contributed by atoms with Gasteiger partial charge in [0.05, 0.1) is 13.8 Å². The molecule has 0 atom stereocenters. The number of hydrogen-bond acceptors (Lipinski definition) is 1. The molecule has 0 spiro atoms. The second-order valence-corrected chi connectivity index (χ2v) is 10.6. The van der Waals surface area contributed by atoms with Crippen LogP contribution in [0.4, 0.5) is 0 Å². The average Bonchev–Trinajstić information content (AvgIpc) is 2.34. The molecule has 0 aliphatic rings. The van der Waals surface area contributed by atoms with Crippen molar-refractivity contribution in [2.75, 3.05) is 7.05 Å². The van der Waals surface area contributed by atoms with Gasteiger partial charge in [0.2, 0.25) is 0 Å². The Labute approximate surface area is 112 Å².